The average Bonchev–Trinajstić information content (AvgIpc) is 3.08. The first-order chi connectivity index (χ1) is 11.1. The van der Waals surface area contributed by atoms with Gasteiger partial charge in [0.25, 0.3) is 0 Å². The number of carbonyl (C=O) groups excluding carboxylic acids is 2. The van der Waals surface area contributed by atoms with Gasteiger partial charge in [-0.25, -0.2) is 0 Å². The first-order valence-electron chi connectivity index (χ1n) is 7.24. The second-order valence-corrected chi connectivity index (χ2v) is 6.08. The van der Waals surface area contributed by atoms with E-state index in [1.165, 1.54) is 30.1 Å². The Balaban J connectivity index is 2.02. The lowest BCUT2D eigenvalue weighted by molar-refractivity contribution is -0.141. The SMILES string of the molecule is COC(=O)CC(NC(=O)/C=C/c1ccc(C)cc1)c1cccs1. The third-order valence-corrected chi connectivity index (χ3v) is 4.29. The van der Waals surface area contributed by atoms with Crippen molar-refractivity contribution in [1.29, 1.82) is 0 Å². The maximum Gasteiger partial charge on any atom is 0.307 e. The zero-order chi connectivity index (χ0) is 16.7. The molecule has 0 radical (unpaired) electrons. The zero-order valence-corrected chi connectivity index (χ0v) is 13.9. The van der Waals surface area contributed by atoms with Crippen LogP contribution < -0.4 is 5.32 Å². The summed E-state index contributed by atoms with van der Waals surface area (Å²) < 4.78 is 4.70. The van der Waals surface area contributed by atoms with Gasteiger partial charge in [-0.2, -0.15) is 0 Å². The predicted octanol–water partition coefficient (Wildman–Crippen LogP) is 3.49. The van der Waals surface area contributed by atoms with Crippen LogP contribution in [0.25, 0.3) is 6.08 Å². The molecule has 0 aliphatic heterocycles. The van der Waals surface area contributed by atoms with Crippen molar-refractivity contribution in [1.82, 2.24) is 5.32 Å². The molecule has 2 rings (SSSR count). The minimum atomic E-state index is -0.377. The minimum absolute atomic E-state index is 0.112. The number of carbonyl (C=O) groups is 2. The second kappa shape index (κ2) is 8.29. The molecule has 2 aromatic rings. The summed E-state index contributed by atoms with van der Waals surface area (Å²) in [6, 6.07) is 11.3. The highest BCUT2D eigenvalue weighted by molar-refractivity contribution is 7.10. The van der Waals surface area contributed by atoms with Gasteiger partial charge in [-0.15, -0.1) is 11.3 Å². The molecule has 0 aliphatic rings. The molecular formula is C18H19NO3S. The lowest BCUT2D eigenvalue weighted by atomic mass is 10.1. The van der Waals surface area contributed by atoms with Crippen LogP contribution in [0.3, 0.4) is 0 Å². The molecule has 120 valence electrons. The highest BCUT2D eigenvalue weighted by Crippen LogP contribution is 2.22. The van der Waals surface area contributed by atoms with Crippen molar-refractivity contribution in [2.75, 3.05) is 7.11 Å². The number of benzene rings is 1. The van der Waals surface area contributed by atoms with E-state index in [1.807, 2.05) is 48.7 Å². The van der Waals surface area contributed by atoms with Crippen LogP contribution in [-0.2, 0) is 14.3 Å². The third-order valence-electron chi connectivity index (χ3n) is 3.31. The Morgan fingerprint density at radius 1 is 1.26 bits per heavy atom. The Morgan fingerprint density at radius 2 is 2.00 bits per heavy atom. The molecule has 0 saturated carbocycles. The van der Waals surface area contributed by atoms with Gasteiger partial charge in [-0.1, -0.05) is 35.9 Å². The van der Waals surface area contributed by atoms with Crippen molar-refractivity contribution in [3.8, 4) is 0 Å². The monoisotopic (exact) mass is 329 g/mol. The van der Waals surface area contributed by atoms with E-state index in [0.29, 0.717) is 0 Å². The Bertz CT molecular complexity index is 675. The molecule has 0 aliphatic carbocycles. The molecule has 1 atom stereocenters. The molecule has 0 saturated heterocycles. The number of thiophene rings is 1. The second-order valence-electron chi connectivity index (χ2n) is 5.10. The summed E-state index contributed by atoms with van der Waals surface area (Å²) in [5.41, 5.74) is 2.12. The quantitative estimate of drug-likeness (QED) is 0.652. The maximum atomic E-state index is 12.1. The molecule has 1 aromatic carbocycles. The number of amides is 1. The van der Waals surface area contributed by atoms with Crippen LogP contribution in [0.15, 0.2) is 47.9 Å². The van der Waals surface area contributed by atoms with Gasteiger partial charge in [0.05, 0.1) is 19.6 Å². The van der Waals surface area contributed by atoms with Gasteiger partial charge in [0.15, 0.2) is 0 Å². The highest BCUT2D eigenvalue weighted by atomic mass is 32.1. The molecule has 0 spiro atoms. The van der Waals surface area contributed by atoms with Crippen LogP contribution in [0.2, 0.25) is 0 Å². The van der Waals surface area contributed by atoms with Gasteiger partial charge in [-0.05, 0) is 30.0 Å². The van der Waals surface area contributed by atoms with Crippen molar-refractivity contribution in [3.63, 3.8) is 0 Å². The Kier molecular flexibility index (Phi) is 6.11. The van der Waals surface area contributed by atoms with Crippen molar-refractivity contribution in [3.05, 3.63) is 63.9 Å². The van der Waals surface area contributed by atoms with Gasteiger partial charge in [0.1, 0.15) is 0 Å². The van der Waals surface area contributed by atoms with Crippen LogP contribution >= 0.6 is 11.3 Å². The fourth-order valence-corrected chi connectivity index (χ4v) is 2.81. The van der Waals surface area contributed by atoms with Gasteiger partial charge >= 0.3 is 5.97 Å². The molecule has 1 heterocycles. The molecule has 1 unspecified atom stereocenters. The topological polar surface area (TPSA) is 55.4 Å². The predicted molar refractivity (Wildman–Crippen MR) is 92.0 cm³/mol. The molecule has 0 fully saturated rings. The van der Waals surface area contributed by atoms with Gasteiger partial charge < -0.3 is 10.1 Å². The Hall–Kier alpha value is -2.40. The van der Waals surface area contributed by atoms with Gasteiger partial charge in [0, 0.05) is 11.0 Å². The summed E-state index contributed by atoms with van der Waals surface area (Å²) in [5.74, 6) is -0.598. The molecule has 4 nitrogen and oxygen atoms in total. The molecule has 1 N–H and O–H groups in total. The fourth-order valence-electron chi connectivity index (χ4n) is 2.03. The van der Waals surface area contributed by atoms with E-state index in [-0.39, 0.29) is 24.3 Å². The van der Waals surface area contributed by atoms with Crippen molar-refractivity contribution in [2.45, 2.75) is 19.4 Å². The first kappa shape index (κ1) is 17.0. The number of nitrogens with one attached hydrogen (secondary N) is 1. The number of esters is 1. The largest absolute Gasteiger partial charge is 0.469 e. The molecule has 5 heteroatoms. The normalized spacial score (nSPS) is 12.1. The maximum absolute atomic E-state index is 12.1. The van der Waals surface area contributed by atoms with E-state index in [1.54, 1.807) is 6.08 Å². The van der Waals surface area contributed by atoms with E-state index >= 15 is 0 Å². The number of aryl methyl sites for hydroxylation is 1. The molecular weight excluding hydrogens is 310 g/mol. The average molecular weight is 329 g/mol. The van der Waals surface area contributed by atoms with Crippen LogP contribution in [0.1, 0.15) is 28.5 Å². The van der Waals surface area contributed by atoms with E-state index in [4.69, 9.17) is 4.74 Å². The minimum Gasteiger partial charge on any atom is -0.469 e. The summed E-state index contributed by atoms with van der Waals surface area (Å²) in [7, 11) is 1.34. The molecule has 1 amide bonds. The van der Waals surface area contributed by atoms with Crippen LogP contribution in [0.4, 0.5) is 0 Å². The lowest BCUT2D eigenvalue weighted by Gasteiger charge is -2.15. The van der Waals surface area contributed by atoms with Crippen LogP contribution in [0.5, 0.6) is 0 Å². The first-order valence-corrected chi connectivity index (χ1v) is 8.12. The zero-order valence-electron chi connectivity index (χ0n) is 13.1. The smallest absolute Gasteiger partial charge is 0.307 e. The van der Waals surface area contributed by atoms with Gasteiger partial charge in [0.2, 0.25) is 5.91 Å². The lowest BCUT2D eigenvalue weighted by Crippen LogP contribution is -2.28. The van der Waals surface area contributed by atoms with Crippen molar-refractivity contribution >= 4 is 29.3 Å². The molecule has 1 aromatic heterocycles. The van der Waals surface area contributed by atoms with Crippen LogP contribution in [-0.4, -0.2) is 19.0 Å². The van der Waals surface area contributed by atoms with E-state index in [9.17, 15) is 9.59 Å². The Labute approximate surface area is 139 Å². The Morgan fingerprint density at radius 3 is 2.61 bits per heavy atom. The van der Waals surface area contributed by atoms with E-state index < -0.39 is 0 Å². The number of hydrogen-bond donors (Lipinski definition) is 1. The van der Waals surface area contributed by atoms with Gasteiger partial charge in [-0.3, -0.25) is 9.59 Å². The molecule has 23 heavy (non-hydrogen) atoms. The number of rotatable bonds is 6. The number of ether oxygens (including phenoxy) is 1. The third kappa shape index (κ3) is 5.38. The number of methoxy groups -OCH3 is 1. The van der Waals surface area contributed by atoms with Crippen molar-refractivity contribution in [2.24, 2.45) is 0 Å². The fraction of sp³-hybridized carbons (Fsp3) is 0.222. The summed E-state index contributed by atoms with van der Waals surface area (Å²) in [6.07, 6.45) is 3.34. The highest BCUT2D eigenvalue weighted by Gasteiger charge is 2.18. The summed E-state index contributed by atoms with van der Waals surface area (Å²) in [4.78, 5) is 24.6. The molecule has 0 bridgehead atoms. The standard InChI is InChI=1S/C18H19NO3S/c1-13-5-7-14(8-6-13)9-10-17(20)19-15(12-18(21)22-2)16-4-3-11-23-16/h3-11,15H,12H2,1-2H3,(H,19,20)/b10-9+. The van der Waals surface area contributed by atoms with E-state index in [2.05, 4.69) is 5.32 Å². The van der Waals surface area contributed by atoms with Crippen LogP contribution in [0, 0.1) is 6.92 Å². The van der Waals surface area contributed by atoms with E-state index in [0.717, 1.165) is 10.4 Å². The summed E-state index contributed by atoms with van der Waals surface area (Å²) in [6.45, 7) is 2.01. The summed E-state index contributed by atoms with van der Waals surface area (Å²) >= 11 is 1.49. The number of hydrogen-bond acceptors (Lipinski definition) is 4. The van der Waals surface area contributed by atoms with Crippen molar-refractivity contribution < 1.29 is 14.3 Å². The summed E-state index contributed by atoms with van der Waals surface area (Å²) in [5, 5.41) is 4.76.